The van der Waals surface area contributed by atoms with E-state index in [4.69, 9.17) is 12.2 Å². The van der Waals surface area contributed by atoms with E-state index in [1.807, 2.05) is 57.3 Å². The molecule has 3 rings (SSSR count). The minimum atomic E-state index is -0.392. The van der Waals surface area contributed by atoms with Gasteiger partial charge in [-0.1, -0.05) is 30.4 Å². The van der Waals surface area contributed by atoms with Crippen molar-refractivity contribution in [3.63, 3.8) is 0 Å². The van der Waals surface area contributed by atoms with Crippen LogP contribution in [0.2, 0.25) is 0 Å². The summed E-state index contributed by atoms with van der Waals surface area (Å²) in [6.07, 6.45) is 3.61. The van der Waals surface area contributed by atoms with Gasteiger partial charge in [0, 0.05) is 17.3 Å². The maximum atomic E-state index is 13.3. The van der Waals surface area contributed by atoms with Crippen LogP contribution in [0.3, 0.4) is 0 Å². The smallest absolute Gasteiger partial charge is 0.238 e. The van der Waals surface area contributed by atoms with Crippen molar-refractivity contribution in [2.45, 2.75) is 20.8 Å². The Morgan fingerprint density at radius 2 is 1.71 bits per heavy atom. The van der Waals surface area contributed by atoms with Crippen LogP contribution in [0.25, 0.3) is 11.5 Å². The average Bonchev–Trinajstić information content (AvgIpc) is 2.65. The quantitative estimate of drug-likeness (QED) is 0.314. The number of thiocarbonyl (C=S) groups is 1. The zero-order valence-corrected chi connectivity index (χ0v) is 16.8. The summed E-state index contributed by atoms with van der Waals surface area (Å²) < 4.78 is 15.0. The minimum absolute atomic E-state index is 0.281. The molecule has 3 nitrogen and oxygen atoms in total. The molecule has 0 amide bonds. The molecule has 2 aromatic carbocycles. The summed E-state index contributed by atoms with van der Waals surface area (Å²) in [5.41, 5.74) is 4.78. The second kappa shape index (κ2) is 8.31. The van der Waals surface area contributed by atoms with Crippen LogP contribution in [0.15, 0.2) is 67.0 Å². The summed E-state index contributed by atoms with van der Waals surface area (Å²) >= 11 is 5.60. The zero-order chi connectivity index (χ0) is 20.3. The van der Waals surface area contributed by atoms with Gasteiger partial charge in [-0.05, 0) is 73.6 Å². The van der Waals surface area contributed by atoms with Crippen molar-refractivity contribution in [2.24, 2.45) is 0 Å². The fraction of sp³-hybridized carbons (Fsp3) is 0.130. The highest BCUT2D eigenvalue weighted by molar-refractivity contribution is 7.81. The first-order chi connectivity index (χ1) is 13.3. The summed E-state index contributed by atoms with van der Waals surface area (Å²) in [6.45, 7) is 6.00. The van der Waals surface area contributed by atoms with E-state index < -0.39 is 5.82 Å². The van der Waals surface area contributed by atoms with E-state index in [0.29, 0.717) is 16.2 Å². The molecule has 28 heavy (non-hydrogen) atoms. The molecule has 1 N–H and O–H groups in total. The zero-order valence-electron chi connectivity index (χ0n) is 16.0. The number of hydrogen-bond donors (Lipinski definition) is 1. The summed E-state index contributed by atoms with van der Waals surface area (Å²) in [4.78, 5) is 0.299. The number of aromatic nitrogens is 1. The van der Waals surface area contributed by atoms with Crippen molar-refractivity contribution in [2.75, 3.05) is 5.32 Å². The van der Waals surface area contributed by atoms with E-state index in [0.717, 1.165) is 16.8 Å². The Morgan fingerprint density at radius 1 is 1.00 bits per heavy atom. The van der Waals surface area contributed by atoms with E-state index in [1.54, 1.807) is 10.8 Å². The molecule has 0 aliphatic heterocycles. The van der Waals surface area contributed by atoms with Gasteiger partial charge < -0.3 is 10.4 Å². The number of benzene rings is 2. The SMILES string of the molecule is Cc1ccc[n+](/C(C(=S)Nc2ccc(C)c(C)c2)=C(/[O-])c2ccc(F)cc2)c1. The molecule has 1 heterocycles. The Labute approximate surface area is 169 Å². The molecular weight excluding hydrogens is 371 g/mol. The minimum Gasteiger partial charge on any atom is -0.867 e. The van der Waals surface area contributed by atoms with Crippen LogP contribution in [0, 0.1) is 26.6 Å². The maximum Gasteiger partial charge on any atom is 0.238 e. The van der Waals surface area contributed by atoms with E-state index in [1.165, 1.54) is 29.8 Å². The van der Waals surface area contributed by atoms with Crippen molar-refractivity contribution < 1.29 is 14.1 Å². The number of anilines is 1. The monoisotopic (exact) mass is 392 g/mol. The molecule has 0 saturated carbocycles. The molecule has 3 aromatic rings. The molecule has 0 fully saturated rings. The molecule has 0 spiro atoms. The lowest BCUT2D eigenvalue weighted by Crippen LogP contribution is -2.40. The molecule has 0 aliphatic rings. The van der Waals surface area contributed by atoms with Crippen molar-refractivity contribution in [1.82, 2.24) is 0 Å². The second-order valence-corrected chi connectivity index (χ2v) is 7.13. The van der Waals surface area contributed by atoms with Gasteiger partial charge in [0.2, 0.25) is 5.70 Å². The molecule has 142 valence electrons. The van der Waals surface area contributed by atoms with Crippen LogP contribution < -0.4 is 15.0 Å². The topological polar surface area (TPSA) is 39.0 Å². The molecular formula is C23H21FN2OS. The Morgan fingerprint density at radius 3 is 2.36 bits per heavy atom. The Kier molecular flexibility index (Phi) is 5.85. The van der Waals surface area contributed by atoms with Gasteiger partial charge in [0.25, 0.3) is 0 Å². The number of halogens is 1. The number of aryl methyl sites for hydroxylation is 3. The number of hydrogen-bond acceptors (Lipinski definition) is 2. The van der Waals surface area contributed by atoms with Crippen LogP contribution >= 0.6 is 12.2 Å². The molecule has 0 unspecified atom stereocenters. The lowest BCUT2D eigenvalue weighted by molar-refractivity contribution is -0.578. The summed E-state index contributed by atoms with van der Waals surface area (Å²) in [7, 11) is 0. The predicted octanol–water partition coefficient (Wildman–Crippen LogP) is 4.16. The molecule has 5 heteroatoms. The van der Waals surface area contributed by atoms with Crippen LogP contribution in [-0.2, 0) is 0 Å². The highest BCUT2D eigenvalue weighted by Gasteiger charge is 2.19. The van der Waals surface area contributed by atoms with Crippen LogP contribution in [0.4, 0.5) is 10.1 Å². The van der Waals surface area contributed by atoms with Crippen molar-refractivity contribution >= 4 is 34.3 Å². The molecule has 0 saturated heterocycles. The summed E-state index contributed by atoms with van der Waals surface area (Å²) in [5.74, 6) is -0.672. The van der Waals surface area contributed by atoms with Crippen molar-refractivity contribution in [3.05, 3.63) is 95.1 Å². The maximum absolute atomic E-state index is 13.3. The van der Waals surface area contributed by atoms with Crippen LogP contribution in [0.1, 0.15) is 22.3 Å². The Balaban J connectivity index is 2.07. The number of rotatable bonds is 4. The Hall–Kier alpha value is -3.05. The highest BCUT2D eigenvalue weighted by Crippen LogP contribution is 2.19. The fourth-order valence-corrected chi connectivity index (χ4v) is 3.13. The van der Waals surface area contributed by atoms with Crippen molar-refractivity contribution in [1.29, 1.82) is 0 Å². The standard InChI is InChI=1S/C23H21FN2OS/c1-15-5-4-12-26(14-15)21(22(27)18-7-9-19(24)10-8-18)23(28)25-20-11-6-16(2)17(3)13-20/h4-14H,1-3H3,(H-,25,27,28). The van der Waals surface area contributed by atoms with Gasteiger partial charge in [-0.3, -0.25) is 0 Å². The van der Waals surface area contributed by atoms with Gasteiger partial charge in [0.1, 0.15) is 5.82 Å². The predicted molar refractivity (Wildman–Crippen MR) is 113 cm³/mol. The van der Waals surface area contributed by atoms with E-state index in [-0.39, 0.29) is 5.76 Å². The van der Waals surface area contributed by atoms with Gasteiger partial charge >= 0.3 is 0 Å². The third-order valence-corrected chi connectivity index (χ3v) is 4.80. The normalized spacial score (nSPS) is 11.7. The largest absolute Gasteiger partial charge is 0.867 e. The number of nitrogens with zero attached hydrogens (tertiary/aromatic N) is 1. The Bertz CT molecular complexity index is 1060. The molecule has 0 atom stereocenters. The first-order valence-electron chi connectivity index (χ1n) is 8.89. The molecule has 0 aliphatic carbocycles. The number of pyridine rings is 1. The third kappa shape index (κ3) is 4.43. The fourth-order valence-electron chi connectivity index (χ4n) is 2.82. The summed E-state index contributed by atoms with van der Waals surface area (Å²) in [6, 6.07) is 15.2. The first-order valence-corrected chi connectivity index (χ1v) is 9.30. The van der Waals surface area contributed by atoms with Gasteiger partial charge in [0.05, 0.1) is 0 Å². The third-order valence-electron chi connectivity index (χ3n) is 4.51. The lowest BCUT2D eigenvalue weighted by atomic mass is 10.1. The van der Waals surface area contributed by atoms with E-state index in [9.17, 15) is 9.50 Å². The molecule has 1 aromatic heterocycles. The number of nitrogens with one attached hydrogen (secondary N) is 1. The summed E-state index contributed by atoms with van der Waals surface area (Å²) in [5, 5.41) is 16.4. The van der Waals surface area contributed by atoms with Gasteiger partial charge in [0.15, 0.2) is 17.4 Å². The van der Waals surface area contributed by atoms with E-state index >= 15 is 0 Å². The average molecular weight is 392 g/mol. The van der Waals surface area contributed by atoms with Gasteiger partial charge in [-0.25, -0.2) is 4.39 Å². The second-order valence-electron chi connectivity index (χ2n) is 6.73. The highest BCUT2D eigenvalue weighted by atomic mass is 32.1. The van der Waals surface area contributed by atoms with E-state index in [2.05, 4.69) is 5.32 Å². The van der Waals surface area contributed by atoms with Crippen LogP contribution in [0.5, 0.6) is 0 Å². The lowest BCUT2D eigenvalue weighted by Gasteiger charge is -2.17. The molecule has 0 radical (unpaired) electrons. The van der Waals surface area contributed by atoms with Gasteiger partial charge in [-0.2, -0.15) is 4.57 Å². The van der Waals surface area contributed by atoms with Crippen LogP contribution in [-0.4, -0.2) is 4.99 Å². The van der Waals surface area contributed by atoms with Crippen molar-refractivity contribution in [3.8, 4) is 0 Å². The first kappa shape index (κ1) is 19.7. The van der Waals surface area contributed by atoms with Gasteiger partial charge in [-0.15, -0.1) is 0 Å². The molecule has 0 bridgehead atoms.